The van der Waals surface area contributed by atoms with Crippen molar-refractivity contribution in [2.75, 3.05) is 24.3 Å². The van der Waals surface area contributed by atoms with Crippen LogP contribution in [0.2, 0.25) is 0 Å². The van der Waals surface area contributed by atoms with Crippen LogP contribution in [0, 0.1) is 0 Å². The Morgan fingerprint density at radius 1 is 1.32 bits per heavy atom. The molecule has 0 radical (unpaired) electrons. The molecule has 0 aliphatic heterocycles. The molecule has 2 aromatic rings. The van der Waals surface area contributed by atoms with Gasteiger partial charge in [-0.25, -0.2) is 0 Å². The van der Waals surface area contributed by atoms with Crippen LogP contribution in [0.15, 0.2) is 41.0 Å². The SMILES string of the molecule is CCCOc1cc(N)cc(N(C)Cc2ccco2)c1. The second kappa shape index (κ2) is 6.18. The average molecular weight is 260 g/mol. The summed E-state index contributed by atoms with van der Waals surface area (Å²) in [6.07, 6.45) is 2.66. The smallest absolute Gasteiger partial charge is 0.123 e. The summed E-state index contributed by atoms with van der Waals surface area (Å²) in [4.78, 5) is 2.08. The number of rotatable bonds is 6. The van der Waals surface area contributed by atoms with Gasteiger partial charge >= 0.3 is 0 Å². The van der Waals surface area contributed by atoms with Gasteiger partial charge in [0.2, 0.25) is 0 Å². The molecule has 2 rings (SSSR count). The van der Waals surface area contributed by atoms with Gasteiger partial charge in [0.05, 0.1) is 19.4 Å². The molecule has 2 N–H and O–H groups in total. The Balaban J connectivity index is 2.11. The van der Waals surface area contributed by atoms with Gasteiger partial charge in [0.25, 0.3) is 0 Å². The summed E-state index contributed by atoms with van der Waals surface area (Å²) in [5.41, 5.74) is 7.63. The monoisotopic (exact) mass is 260 g/mol. The van der Waals surface area contributed by atoms with Crippen LogP contribution in [-0.2, 0) is 6.54 Å². The molecule has 19 heavy (non-hydrogen) atoms. The van der Waals surface area contributed by atoms with E-state index in [1.807, 2.05) is 37.4 Å². The predicted octanol–water partition coefficient (Wildman–Crippen LogP) is 3.29. The van der Waals surface area contributed by atoms with Crippen molar-refractivity contribution in [3.63, 3.8) is 0 Å². The topological polar surface area (TPSA) is 51.6 Å². The molecule has 0 amide bonds. The number of hydrogen-bond acceptors (Lipinski definition) is 4. The third-order valence-corrected chi connectivity index (χ3v) is 2.80. The van der Waals surface area contributed by atoms with Crippen LogP contribution in [-0.4, -0.2) is 13.7 Å². The van der Waals surface area contributed by atoms with Crippen molar-refractivity contribution in [2.45, 2.75) is 19.9 Å². The zero-order valence-electron chi connectivity index (χ0n) is 11.4. The molecule has 0 spiro atoms. The maximum absolute atomic E-state index is 5.91. The fourth-order valence-corrected chi connectivity index (χ4v) is 1.86. The Bertz CT molecular complexity index is 509. The Morgan fingerprint density at radius 2 is 2.16 bits per heavy atom. The molecule has 0 bridgehead atoms. The van der Waals surface area contributed by atoms with Gasteiger partial charge < -0.3 is 19.8 Å². The number of nitrogens with zero attached hydrogens (tertiary/aromatic N) is 1. The first-order chi connectivity index (χ1) is 9.19. The first-order valence-electron chi connectivity index (χ1n) is 6.46. The molecular weight excluding hydrogens is 240 g/mol. The number of anilines is 2. The van der Waals surface area contributed by atoms with Crippen molar-refractivity contribution >= 4 is 11.4 Å². The highest BCUT2D eigenvalue weighted by Gasteiger charge is 2.07. The molecule has 0 atom stereocenters. The fraction of sp³-hybridized carbons (Fsp3) is 0.333. The highest BCUT2D eigenvalue weighted by molar-refractivity contribution is 5.60. The van der Waals surface area contributed by atoms with E-state index in [4.69, 9.17) is 14.9 Å². The lowest BCUT2D eigenvalue weighted by atomic mass is 10.2. The minimum Gasteiger partial charge on any atom is -0.493 e. The van der Waals surface area contributed by atoms with Crippen LogP contribution < -0.4 is 15.4 Å². The maximum Gasteiger partial charge on any atom is 0.123 e. The van der Waals surface area contributed by atoms with E-state index in [0.29, 0.717) is 18.8 Å². The van der Waals surface area contributed by atoms with Gasteiger partial charge in [0, 0.05) is 30.6 Å². The van der Waals surface area contributed by atoms with E-state index in [1.165, 1.54) is 0 Å². The number of nitrogen functional groups attached to an aromatic ring is 1. The van der Waals surface area contributed by atoms with Crippen molar-refractivity contribution in [2.24, 2.45) is 0 Å². The highest BCUT2D eigenvalue weighted by Crippen LogP contribution is 2.26. The molecule has 0 fully saturated rings. The van der Waals surface area contributed by atoms with Crippen LogP contribution in [0.4, 0.5) is 11.4 Å². The summed E-state index contributed by atoms with van der Waals surface area (Å²) < 4.78 is 11.0. The molecule has 0 saturated heterocycles. The minimum absolute atomic E-state index is 0.698. The second-order valence-electron chi connectivity index (χ2n) is 4.54. The minimum atomic E-state index is 0.698. The van der Waals surface area contributed by atoms with E-state index < -0.39 is 0 Å². The van der Waals surface area contributed by atoms with E-state index in [0.717, 1.165) is 23.6 Å². The first-order valence-corrected chi connectivity index (χ1v) is 6.46. The summed E-state index contributed by atoms with van der Waals surface area (Å²) in [6, 6.07) is 9.62. The largest absolute Gasteiger partial charge is 0.493 e. The maximum atomic E-state index is 5.91. The van der Waals surface area contributed by atoms with Gasteiger partial charge in [-0.15, -0.1) is 0 Å². The standard InChI is InChI=1S/C15H20N2O2/c1-3-6-18-15-9-12(16)8-13(10-15)17(2)11-14-5-4-7-19-14/h4-5,7-10H,3,6,11,16H2,1-2H3. The van der Waals surface area contributed by atoms with E-state index in [-0.39, 0.29) is 0 Å². The number of ether oxygens (including phenoxy) is 1. The average Bonchev–Trinajstić information content (AvgIpc) is 2.88. The lowest BCUT2D eigenvalue weighted by Crippen LogP contribution is -2.16. The summed E-state index contributed by atoms with van der Waals surface area (Å²) in [5, 5.41) is 0. The van der Waals surface area contributed by atoms with Crippen molar-refractivity contribution in [3.05, 3.63) is 42.4 Å². The normalized spacial score (nSPS) is 10.4. The second-order valence-corrected chi connectivity index (χ2v) is 4.54. The Labute approximate surface area is 113 Å². The lowest BCUT2D eigenvalue weighted by molar-refractivity contribution is 0.317. The van der Waals surface area contributed by atoms with E-state index >= 15 is 0 Å². The number of hydrogen-bond donors (Lipinski definition) is 1. The molecule has 0 aliphatic carbocycles. The Kier molecular flexibility index (Phi) is 4.34. The zero-order chi connectivity index (χ0) is 13.7. The van der Waals surface area contributed by atoms with Crippen LogP contribution in [0.3, 0.4) is 0 Å². The molecule has 1 aromatic carbocycles. The van der Waals surface area contributed by atoms with Crippen LogP contribution >= 0.6 is 0 Å². The third kappa shape index (κ3) is 3.68. The molecule has 0 unspecified atom stereocenters. The summed E-state index contributed by atoms with van der Waals surface area (Å²) >= 11 is 0. The lowest BCUT2D eigenvalue weighted by Gasteiger charge is -2.19. The van der Waals surface area contributed by atoms with Gasteiger partial charge in [-0.1, -0.05) is 6.92 Å². The van der Waals surface area contributed by atoms with Gasteiger partial charge in [-0.2, -0.15) is 0 Å². The molecule has 0 aliphatic rings. The Hall–Kier alpha value is -2.10. The van der Waals surface area contributed by atoms with E-state index in [2.05, 4.69) is 11.8 Å². The molecule has 102 valence electrons. The van der Waals surface area contributed by atoms with E-state index in [9.17, 15) is 0 Å². The van der Waals surface area contributed by atoms with Gasteiger partial charge in [0.1, 0.15) is 11.5 Å². The first kappa shape index (κ1) is 13.3. The number of benzene rings is 1. The molecule has 4 nitrogen and oxygen atoms in total. The molecule has 1 heterocycles. The quantitative estimate of drug-likeness (QED) is 0.810. The highest BCUT2D eigenvalue weighted by atomic mass is 16.5. The predicted molar refractivity (Wildman–Crippen MR) is 77.5 cm³/mol. The van der Waals surface area contributed by atoms with Gasteiger partial charge in [-0.3, -0.25) is 0 Å². The molecule has 4 heteroatoms. The molecule has 0 saturated carbocycles. The van der Waals surface area contributed by atoms with Crippen molar-refractivity contribution in [1.82, 2.24) is 0 Å². The zero-order valence-corrected chi connectivity index (χ0v) is 11.4. The summed E-state index contributed by atoms with van der Waals surface area (Å²) in [5.74, 6) is 1.73. The molecule has 1 aromatic heterocycles. The van der Waals surface area contributed by atoms with Crippen LogP contribution in [0.25, 0.3) is 0 Å². The number of nitrogens with two attached hydrogens (primary N) is 1. The summed E-state index contributed by atoms with van der Waals surface area (Å²) in [7, 11) is 2.00. The fourth-order valence-electron chi connectivity index (χ4n) is 1.86. The molecular formula is C15H20N2O2. The summed E-state index contributed by atoms with van der Waals surface area (Å²) in [6.45, 7) is 3.48. The van der Waals surface area contributed by atoms with Gasteiger partial charge in [0.15, 0.2) is 0 Å². The third-order valence-electron chi connectivity index (χ3n) is 2.80. The van der Waals surface area contributed by atoms with Crippen LogP contribution in [0.1, 0.15) is 19.1 Å². The van der Waals surface area contributed by atoms with Crippen molar-refractivity contribution in [3.8, 4) is 5.75 Å². The van der Waals surface area contributed by atoms with E-state index in [1.54, 1.807) is 6.26 Å². The van der Waals surface area contributed by atoms with Crippen LogP contribution in [0.5, 0.6) is 5.75 Å². The number of furan rings is 1. The van der Waals surface area contributed by atoms with Gasteiger partial charge in [-0.05, 0) is 24.6 Å². The van der Waals surface area contributed by atoms with Crippen molar-refractivity contribution in [1.29, 1.82) is 0 Å². The Morgan fingerprint density at radius 3 is 2.84 bits per heavy atom. The van der Waals surface area contributed by atoms with Crippen molar-refractivity contribution < 1.29 is 9.15 Å².